The Morgan fingerprint density at radius 1 is 1.59 bits per heavy atom. The quantitative estimate of drug-likeness (QED) is 0.707. The van der Waals surface area contributed by atoms with Gasteiger partial charge >= 0.3 is 0 Å². The maximum atomic E-state index is 11.8. The average molecular weight is 231 g/mol. The lowest BCUT2D eigenvalue weighted by molar-refractivity contribution is -0.119. The van der Waals surface area contributed by atoms with Gasteiger partial charge in [0, 0.05) is 7.05 Å². The maximum Gasteiger partial charge on any atom is 0.247 e. The molecule has 0 saturated heterocycles. The monoisotopic (exact) mass is 231 g/mol. The fraction of sp³-hybridized carbons (Fsp3) is 0.333. The van der Waals surface area contributed by atoms with Crippen molar-refractivity contribution in [2.75, 3.05) is 18.6 Å². The van der Waals surface area contributed by atoms with Crippen molar-refractivity contribution >= 4 is 11.6 Å². The van der Waals surface area contributed by atoms with Crippen LogP contribution in [0.25, 0.3) is 0 Å². The van der Waals surface area contributed by atoms with Gasteiger partial charge in [-0.1, -0.05) is 0 Å². The van der Waals surface area contributed by atoms with Crippen LogP contribution >= 0.6 is 0 Å². The molecule has 2 rings (SSSR count). The molecule has 1 aliphatic heterocycles. The first-order valence-electron chi connectivity index (χ1n) is 5.25. The Morgan fingerprint density at radius 2 is 2.29 bits per heavy atom. The molecule has 2 N–H and O–H groups in total. The van der Waals surface area contributed by atoms with Gasteiger partial charge in [-0.25, -0.2) is 0 Å². The summed E-state index contributed by atoms with van der Waals surface area (Å²) in [6.45, 7) is 1.98. The predicted molar refractivity (Wildman–Crippen MR) is 62.8 cm³/mol. The summed E-state index contributed by atoms with van der Waals surface area (Å²) in [5.41, 5.74) is 7.62. The van der Waals surface area contributed by atoms with E-state index in [1.165, 1.54) is 4.90 Å². The van der Waals surface area contributed by atoms with E-state index < -0.39 is 6.04 Å². The van der Waals surface area contributed by atoms with Gasteiger partial charge in [-0.05, 0) is 24.6 Å². The smallest absolute Gasteiger partial charge is 0.247 e. The van der Waals surface area contributed by atoms with Crippen LogP contribution in [0.5, 0.6) is 5.75 Å². The van der Waals surface area contributed by atoms with Crippen LogP contribution in [-0.4, -0.2) is 25.6 Å². The van der Waals surface area contributed by atoms with Gasteiger partial charge in [-0.3, -0.25) is 4.79 Å². The van der Waals surface area contributed by atoms with Crippen LogP contribution in [0.1, 0.15) is 11.1 Å². The molecule has 1 unspecified atom stereocenters. The molecule has 1 heterocycles. The van der Waals surface area contributed by atoms with E-state index in [-0.39, 0.29) is 12.5 Å². The van der Waals surface area contributed by atoms with E-state index in [0.717, 1.165) is 5.56 Å². The number of aryl methyl sites for hydroxylation is 1. The second kappa shape index (κ2) is 4.07. The van der Waals surface area contributed by atoms with Crippen LogP contribution < -0.4 is 15.4 Å². The molecular weight excluding hydrogens is 218 g/mol. The van der Waals surface area contributed by atoms with Crippen LogP contribution in [0, 0.1) is 18.3 Å². The zero-order valence-electron chi connectivity index (χ0n) is 9.73. The van der Waals surface area contributed by atoms with Gasteiger partial charge in [0.2, 0.25) is 5.91 Å². The fourth-order valence-electron chi connectivity index (χ4n) is 1.79. The summed E-state index contributed by atoms with van der Waals surface area (Å²) < 4.78 is 5.48. The van der Waals surface area contributed by atoms with E-state index in [1.54, 1.807) is 19.2 Å². The minimum absolute atomic E-state index is 0.154. The number of hydrogen-bond donors (Lipinski definition) is 1. The Hall–Kier alpha value is -2.06. The number of hydrogen-bond acceptors (Lipinski definition) is 4. The van der Waals surface area contributed by atoms with Crippen LogP contribution in [-0.2, 0) is 4.79 Å². The number of nitrogens with zero attached hydrogens (tertiary/aromatic N) is 2. The number of benzene rings is 1. The van der Waals surface area contributed by atoms with Crippen molar-refractivity contribution in [3.8, 4) is 11.8 Å². The van der Waals surface area contributed by atoms with Crippen LogP contribution in [0.4, 0.5) is 5.69 Å². The zero-order valence-corrected chi connectivity index (χ0v) is 9.73. The maximum absolute atomic E-state index is 11.8. The number of carbonyl (C=O) groups excluding carboxylic acids is 1. The Bertz CT molecular complexity index is 519. The van der Waals surface area contributed by atoms with Crippen molar-refractivity contribution in [3.63, 3.8) is 0 Å². The second-order valence-electron chi connectivity index (χ2n) is 4.06. The van der Waals surface area contributed by atoms with Crippen molar-refractivity contribution in [1.29, 1.82) is 5.26 Å². The van der Waals surface area contributed by atoms with Crippen molar-refractivity contribution in [1.82, 2.24) is 0 Å². The molecule has 17 heavy (non-hydrogen) atoms. The van der Waals surface area contributed by atoms with Gasteiger partial charge in [0.05, 0.1) is 17.3 Å². The third-order valence-corrected chi connectivity index (χ3v) is 2.85. The van der Waals surface area contributed by atoms with E-state index in [1.807, 2.05) is 6.92 Å². The summed E-state index contributed by atoms with van der Waals surface area (Å²) in [5.74, 6) is 0.377. The molecule has 0 fully saturated rings. The third-order valence-electron chi connectivity index (χ3n) is 2.85. The largest absolute Gasteiger partial charge is 0.489 e. The number of amides is 1. The first-order chi connectivity index (χ1) is 8.04. The normalized spacial score (nSPS) is 19.1. The Morgan fingerprint density at radius 3 is 2.94 bits per heavy atom. The van der Waals surface area contributed by atoms with Gasteiger partial charge in [0.25, 0.3) is 0 Å². The molecule has 0 radical (unpaired) electrons. The second-order valence-corrected chi connectivity index (χ2v) is 4.06. The van der Waals surface area contributed by atoms with Gasteiger partial charge in [-0.15, -0.1) is 0 Å². The predicted octanol–water partition coefficient (Wildman–Crippen LogP) is 0.549. The topological polar surface area (TPSA) is 79.4 Å². The average Bonchev–Trinajstić information content (AvgIpc) is 2.42. The van der Waals surface area contributed by atoms with Crippen molar-refractivity contribution in [3.05, 3.63) is 23.3 Å². The van der Waals surface area contributed by atoms with E-state index in [2.05, 4.69) is 6.07 Å². The molecule has 5 heteroatoms. The van der Waals surface area contributed by atoms with Crippen molar-refractivity contribution in [2.45, 2.75) is 13.0 Å². The number of anilines is 1. The van der Waals surface area contributed by atoms with Crippen LogP contribution in [0.15, 0.2) is 12.1 Å². The molecule has 1 aromatic rings. The number of nitriles is 1. The number of rotatable bonds is 0. The standard InChI is InChI=1S/C12H13N3O2/c1-7-3-11-10(4-8(7)5-13)15(2)12(16)9(14)6-17-11/h3-4,9H,6,14H2,1-2H3. The number of nitrogens with two attached hydrogens (primary N) is 1. The number of fused-ring (bicyclic) bond motifs is 1. The number of carbonyl (C=O) groups is 1. The molecular formula is C12H13N3O2. The number of ether oxygens (including phenoxy) is 1. The molecule has 0 saturated carbocycles. The molecule has 0 spiro atoms. The Kier molecular flexibility index (Phi) is 2.74. The Balaban J connectivity index is 2.57. The highest BCUT2D eigenvalue weighted by Gasteiger charge is 2.27. The fourth-order valence-corrected chi connectivity index (χ4v) is 1.79. The van der Waals surface area contributed by atoms with E-state index in [4.69, 9.17) is 15.7 Å². The molecule has 1 aliphatic rings. The third kappa shape index (κ3) is 1.83. The minimum atomic E-state index is -0.668. The zero-order chi connectivity index (χ0) is 12.6. The first-order valence-corrected chi connectivity index (χ1v) is 5.25. The molecule has 0 aromatic heterocycles. The highest BCUT2D eigenvalue weighted by Crippen LogP contribution is 2.33. The molecule has 88 valence electrons. The van der Waals surface area contributed by atoms with E-state index in [9.17, 15) is 4.79 Å². The van der Waals surface area contributed by atoms with Gasteiger partial charge in [-0.2, -0.15) is 5.26 Å². The molecule has 1 amide bonds. The lowest BCUT2D eigenvalue weighted by Crippen LogP contribution is -2.43. The van der Waals surface area contributed by atoms with Gasteiger partial charge < -0.3 is 15.4 Å². The molecule has 0 bridgehead atoms. The first kappa shape index (κ1) is 11.4. The summed E-state index contributed by atoms with van der Waals surface area (Å²) in [7, 11) is 1.63. The van der Waals surface area contributed by atoms with E-state index >= 15 is 0 Å². The summed E-state index contributed by atoms with van der Waals surface area (Å²) in [6, 6.07) is 4.83. The summed E-state index contributed by atoms with van der Waals surface area (Å²) in [6.07, 6.45) is 0. The van der Waals surface area contributed by atoms with Crippen LogP contribution in [0.3, 0.4) is 0 Å². The molecule has 5 nitrogen and oxygen atoms in total. The molecule has 1 aromatic carbocycles. The van der Waals surface area contributed by atoms with Gasteiger partial charge in [0.15, 0.2) is 0 Å². The minimum Gasteiger partial charge on any atom is -0.489 e. The van der Waals surface area contributed by atoms with E-state index in [0.29, 0.717) is 17.0 Å². The summed E-state index contributed by atoms with van der Waals surface area (Å²) in [4.78, 5) is 13.3. The highest BCUT2D eigenvalue weighted by atomic mass is 16.5. The lowest BCUT2D eigenvalue weighted by Gasteiger charge is -2.18. The highest BCUT2D eigenvalue weighted by molar-refractivity contribution is 5.98. The van der Waals surface area contributed by atoms with Gasteiger partial charge in [0.1, 0.15) is 18.4 Å². The summed E-state index contributed by atoms with van der Waals surface area (Å²) in [5, 5.41) is 8.98. The Labute approximate surface area is 99.4 Å². The molecule has 1 atom stereocenters. The lowest BCUT2D eigenvalue weighted by atomic mass is 10.1. The van der Waals surface area contributed by atoms with Crippen molar-refractivity contribution in [2.24, 2.45) is 5.73 Å². The SMILES string of the molecule is Cc1cc2c(cc1C#N)N(C)C(=O)C(N)CO2. The van der Waals surface area contributed by atoms with Crippen molar-refractivity contribution < 1.29 is 9.53 Å². The summed E-state index contributed by atoms with van der Waals surface area (Å²) >= 11 is 0. The number of likely N-dealkylation sites (N-methyl/N-ethyl adjacent to an activating group) is 1. The molecule has 0 aliphatic carbocycles. The van der Waals surface area contributed by atoms with Crippen LogP contribution in [0.2, 0.25) is 0 Å².